The molecular formula is C13H12BrFN4O2. The number of carbonyl (C=O) groups excluding carboxylic acids is 1. The van der Waals surface area contributed by atoms with Gasteiger partial charge in [0.2, 0.25) is 5.88 Å². The van der Waals surface area contributed by atoms with Crippen LogP contribution in [0.15, 0.2) is 28.7 Å². The van der Waals surface area contributed by atoms with E-state index < -0.39 is 5.82 Å². The van der Waals surface area contributed by atoms with Gasteiger partial charge in [0.1, 0.15) is 5.82 Å². The molecule has 1 amide bonds. The lowest BCUT2D eigenvalue weighted by Gasteiger charge is -2.10. The van der Waals surface area contributed by atoms with Crippen LogP contribution in [-0.4, -0.2) is 35.1 Å². The molecule has 2 N–H and O–H groups in total. The van der Waals surface area contributed by atoms with E-state index in [0.29, 0.717) is 0 Å². The Morgan fingerprint density at radius 3 is 2.62 bits per heavy atom. The minimum absolute atomic E-state index is 0.110. The van der Waals surface area contributed by atoms with E-state index in [1.165, 1.54) is 23.1 Å². The number of nitrogens with zero attached hydrogens (tertiary/aromatic N) is 3. The lowest BCUT2D eigenvalue weighted by Crippen LogP contribution is -2.23. The molecule has 0 saturated carbocycles. The van der Waals surface area contributed by atoms with Crippen LogP contribution in [0.5, 0.6) is 11.6 Å². The van der Waals surface area contributed by atoms with Crippen molar-refractivity contribution in [2.24, 2.45) is 0 Å². The summed E-state index contributed by atoms with van der Waals surface area (Å²) in [5.74, 6) is -0.551. The number of aromatic nitrogens is 2. The van der Waals surface area contributed by atoms with Gasteiger partial charge in [0.25, 0.3) is 5.91 Å². The SMILES string of the molecule is CN(C)C(=O)c1ccc(Oc2cc(F)c(Br)cc2N)nn1. The molecule has 6 nitrogen and oxygen atoms in total. The van der Waals surface area contributed by atoms with Gasteiger partial charge < -0.3 is 15.4 Å². The second kappa shape index (κ2) is 6.04. The second-order valence-corrected chi connectivity index (χ2v) is 5.22. The van der Waals surface area contributed by atoms with Crippen molar-refractivity contribution in [2.45, 2.75) is 0 Å². The normalized spacial score (nSPS) is 10.3. The van der Waals surface area contributed by atoms with Crippen LogP contribution in [0.3, 0.4) is 0 Å². The average Bonchev–Trinajstić information content (AvgIpc) is 2.44. The molecule has 0 bridgehead atoms. The Morgan fingerprint density at radius 2 is 2.05 bits per heavy atom. The van der Waals surface area contributed by atoms with E-state index in [-0.39, 0.29) is 33.4 Å². The van der Waals surface area contributed by atoms with Crippen LogP contribution in [0, 0.1) is 5.82 Å². The smallest absolute Gasteiger partial charge is 0.273 e. The zero-order chi connectivity index (χ0) is 15.6. The molecule has 0 radical (unpaired) electrons. The number of hydrogen-bond donors (Lipinski definition) is 1. The fourth-order valence-electron chi connectivity index (χ4n) is 1.46. The number of halogens is 2. The number of carbonyl (C=O) groups is 1. The highest BCUT2D eigenvalue weighted by atomic mass is 79.9. The van der Waals surface area contributed by atoms with Gasteiger partial charge in [0, 0.05) is 26.2 Å². The van der Waals surface area contributed by atoms with Crippen LogP contribution in [0.25, 0.3) is 0 Å². The molecule has 0 atom stereocenters. The van der Waals surface area contributed by atoms with E-state index in [1.54, 1.807) is 14.1 Å². The Kier molecular flexibility index (Phi) is 4.37. The van der Waals surface area contributed by atoms with Crippen molar-refractivity contribution >= 4 is 27.5 Å². The highest BCUT2D eigenvalue weighted by molar-refractivity contribution is 9.10. The van der Waals surface area contributed by atoms with Crippen LogP contribution in [0.2, 0.25) is 0 Å². The topological polar surface area (TPSA) is 81.3 Å². The van der Waals surface area contributed by atoms with Crippen molar-refractivity contribution in [3.8, 4) is 11.6 Å². The standard InChI is InChI=1S/C13H12BrFN4O2/c1-19(2)13(20)10-3-4-12(18-17-10)21-11-6-8(15)7(14)5-9(11)16/h3-6H,16H2,1-2H3. The van der Waals surface area contributed by atoms with E-state index >= 15 is 0 Å². The Bertz CT molecular complexity index is 677. The summed E-state index contributed by atoms with van der Waals surface area (Å²) in [4.78, 5) is 13.0. The van der Waals surface area contributed by atoms with Crippen LogP contribution >= 0.6 is 15.9 Å². The fourth-order valence-corrected chi connectivity index (χ4v) is 1.82. The quantitative estimate of drug-likeness (QED) is 0.856. The van der Waals surface area contributed by atoms with Gasteiger partial charge in [0.15, 0.2) is 11.4 Å². The molecule has 0 saturated heterocycles. The van der Waals surface area contributed by atoms with E-state index in [2.05, 4.69) is 26.1 Å². The Hall–Kier alpha value is -2.22. The lowest BCUT2D eigenvalue weighted by atomic mass is 10.3. The Balaban J connectivity index is 2.21. The third kappa shape index (κ3) is 3.46. The number of anilines is 1. The number of hydrogen-bond acceptors (Lipinski definition) is 5. The minimum Gasteiger partial charge on any atom is -0.435 e. The third-order valence-electron chi connectivity index (χ3n) is 2.53. The van der Waals surface area contributed by atoms with Crippen molar-refractivity contribution in [1.29, 1.82) is 0 Å². The third-order valence-corrected chi connectivity index (χ3v) is 3.14. The van der Waals surface area contributed by atoms with Crippen molar-refractivity contribution < 1.29 is 13.9 Å². The van der Waals surface area contributed by atoms with E-state index in [4.69, 9.17) is 10.5 Å². The summed E-state index contributed by atoms with van der Waals surface area (Å²) in [6.07, 6.45) is 0. The first-order chi connectivity index (χ1) is 9.88. The first-order valence-electron chi connectivity index (χ1n) is 5.86. The molecule has 0 aliphatic carbocycles. The number of nitrogens with two attached hydrogens (primary N) is 1. The van der Waals surface area contributed by atoms with Gasteiger partial charge in [-0.15, -0.1) is 10.2 Å². The predicted octanol–water partition coefficient (Wildman–Crippen LogP) is 2.45. The molecular weight excluding hydrogens is 343 g/mol. The van der Waals surface area contributed by atoms with Gasteiger partial charge in [0.05, 0.1) is 10.2 Å². The summed E-state index contributed by atoms with van der Waals surface area (Å²) in [5.41, 5.74) is 6.16. The molecule has 1 aromatic carbocycles. The zero-order valence-corrected chi connectivity index (χ0v) is 12.9. The van der Waals surface area contributed by atoms with Crippen molar-refractivity contribution in [3.63, 3.8) is 0 Å². The van der Waals surface area contributed by atoms with E-state index in [1.807, 2.05) is 0 Å². The molecule has 21 heavy (non-hydrogen) atoms. The molecule has 1 aromatic heterocycles. The first-order valence-corrected chi connectivity index (χ1v) is 6.65. The maximum atomic E-state index is 13.5. The highest BCUT2D eigenvalue weighted by Gasteiger charge is 2.12. The minimum atomic E-state index is -0.508. The van der Waals surface area contributed by atoms with E-state index in [0.717, 1.165) is 6.07 Å². The maximum Gasteiger partial charge on any atom is 0.273 e. The fraction of sp³-hybridized carbons (Fsp3) is 0.154. The van der Waals surface area contributed by atoms with Gasteiger partial charge >= 0.3 is 0 Å². The van der Waals surface area contributed by atoms with Crippen LogP contribution < -0.4 is 10.5 Å². The number of benzene rings is 1. The van der Waals surface area contributed by atoms with Gasteiger partial charge in [-0.2, -0.15) is 0 Å². The number of nitrogen functional groups attached to an aromatic ring is 1. The van der Waals surface area contributed by atoms with Crippen LogP contribution in [-0.2, 0) is 0 Å². The maximum absolute atomic E-state index is 13.5. The predicted molar refractivity (Wildman–Crippen MR) is 78.6 cm³/mol. The average molecular weight is 355 g/mol. The molecule has 0 aliphatic rings. The highest BCUT2D eigenvalue weighted by Crippen LogP contribution is 2.31. The summed E-state index contributed by atoms with van der Waals surface area (Å²) in [6, 6.07) is 5.46. The van der Waals surface area contributed by atoms with Gasteiger partial charge in [-0.3, -0.25) is 4.79 Å². The molecule has 110 valence electrons. The largest absolute Gasteiger partial charge is 0.435 e. The Labute approximate surface area is 128 Å². The van der Waals surface area contributed by atoms with Crippen molar-refractivity contribution in [3.05, 3.63) is 40.2 Å². The molecule has 1 heterocycles. The molecule has 0 aliphatic heterocycles. The number of ether oxygens (including phenoxy) is 1. The monoisotopic (exact) mass is 354 g/mol. The van der Waals surface area contributed by atoms with Gasteiger partial charge in [-0.1, -0.05) is 0 Å². The number of rotatable bonds is 3. The summed E-state index contributed by atoms with van der Waals surface area (Å²) in [7, 11) is 3.22. The van der Waals surface area contributed by atoms with Crippen LogP contribution in [0.1, 0.15) is 10.5 Å². The summed E-state index contributed by atoms with van der Waals surface area (Å²) < 4.78 is 19.0. The van der Waals surface area contributed by atoms with E-state index in [9.17, 15) is 9.18 Å². The van der Waals surface area contributed by atoms with Crippen molar-refractivity contribution in [1.82, 2.24) is 15.1 Å². The lowest BCUT2D eigenvalue weighted by molar-refractivity contribution is 0.0820. The Morgan fingerprint density at radius 1 is 1.33 bits per heavy atom. The molecule has 0 unspecified atom stereocenters. The second-order valence-electron chi connectivity index (χ2n) is 4.36. The molecule has 2 rings (SSSR count). The van der Waals surface area contributed by atoms with Crippen molar-refractivity contribution in [2.75, 3.05) is 19.8 Å². The summed E-state index contributed by atoms with van der Waals surface area (Å²) in [6.45, 7) is 0. The molecule has 0 spiro atoms. The first kappa shape index (κ1) is 15.2. The summed E-state index contributed by atoms with van der Waals surface area (Å²) >= 11 is 3.02. The van der Waals surface area contributed by atoms with Crippen LogP contribution in [0.4, 0.5) is 10.1 Å². The number of amides is 1. The summed E-state index contributed by atoms with van der Waals surface area (Å²) in [5, 5.41) is 7.52. The van der Waals surface area contributed by atoms with Gasteiger partial charge in [-0.05, 0) is 28.1 Å². The molecule has 8 heteroatoms. The van der Waals surface area contributed by atoms with Gasteiger partial charge in [-0.25, -0.2) is 4.39 Å². The zero-order valence-electron chi connectivity index (χ0n) is 11.3. The molecule has 2 aromatic rings. The molecule has 0 fully saturated rings.